The zero-order valence-corrected chi connectivity index (χ0v) is 12.1. The second kappa shape index (κ2) is 5.09. The Morgan fingerprint density at radius 3 is 2.95 bits per heavy atom. The Labute approximate surface area is 124 Å². The van der Waals surface area contributed by atoms with Crippen molar-refractivity contribution in [2.45, 2.75) is 18.3 Å². The van der Waals surface area contributed by atoms with Crippen molar-refractivity contribution in [1.29, 1.82) is 0 Å². The fourth-order valence-corrected chi connectivity index (χ4v) is 3.64. The molecule has 0 amide bonds. The molecule has 110 valence electrons. The summed E-state index contributed by atoms with van der Waals surface area (Å²) in [6.45, 7) is 1.89. The van der Waals surface area contributed by atoms with Crippen LogP contribution in [0.2, 0.25) is 0 Å². The average Bonchev–Trinajstić information content (AvgIpc) is 2.89. The van der Waals surface area contributed by atoms with Gasteiger partial charge in [0.1, 0.15) is 11.6 Å². The Morgan fingerprint density at radius 2 is 2.29 bits per heavy atom. The molecule has 0 aliphatic carbocycles. The SMILES string of the molecule is Cc1ccc2oc(N)c(C3NC(C(=O)O)CS3)c(=O)c2c1. The first kappa shape index (κ1) is 14.0. The minimum Gasteiger partial charge on any atom is -0.480 e. The second-order valence-electron chi connectivity index (χ2n) is 4.98. The minimum atomic E-state index is -0.940. The third-order valence-corrected chi connectivity index (χ3v) is 4.68. The summed E-state index contributed by atoms with van der Waals surface area (Å²) in [7, 11) is 0. The fourth-order valence-electron chi connectivity index (χ4n) is 2.37. The third kappa shape index (κ3) is 2.38. The predicted octanol–water partition coefficient (Wildman–Crippen LogP) is 1.47. The molecule has 1 aliphatic heterocycles. The molecule has 3 rings (SSSR count). The van der Waals surface area contributed by atoms with Crippen molar-refractivity contribution in [1.82, 2.24) is 5.32 Å². The van der Waals surface area contributed by atoms with E-state index in [0.717, 1.165) is 5.56 Å². The summed E-state index contributed by atoms with van der Waals surface area (Å²) in [5.74, 6) is -0.526. The smallest absolute Gasteiger partial charge is 0.321 e. The summed E-state index contributed by atoms with van der Waals surface area (Å²) in [5.41, 5.74) is 7.32. The van der Waals surface area contributed by atoms with E-state index in [1.165, 1.54) is 11.8 Å². The molecule has 1 aliphatic rings. The minimum absolute atomic E-state index is 0.0346. The van der Waals surface area contributed by atoms with E-state index >= 15 is 0 Å². The summed E-state index contributed by atoms with van der Waals surface area (Å²) >= 11 is 1.34. The van der Waals surface area contributed by atoms with E-state index in [-0.39, 0.29) is 11.3 Å². The number of hydrogen-bond donors (Lipinski definition) is 3. The molecule has 2 atom stereocenters. The van der Waals surface area contributed by atoms with E-state index in [2.05, 4.69) is 5.32 Å². The topological polar surface area (TPSA) is 106 Å². The van der Waals surface area contributed by atoms with Crippen LogP contribution >= 0.6 is 11.8 Å². The second-order valence-corrected chi connectivity index (χ2v) is 6.12. The summed E-state index contributed by atoms with van der Waals surface area (Å²) < 4.78 is 5.51. The number of hydrogen-bond acceptors (Lipinski definition) is 6. The van der Waals surface area contributed by atoms with Crippen LogP contribution in [-0.2, 0) is 4.79 Å². The largest absolute Gasteiger partial charge is 0.480 e. The van der Waals surface area contributed by atoms with E-state index in [4.69, 9.17) is 15.3 Å². The van der Waals surface area contributed by atoms with Gasteiger partial charge in [-0.3, -0.25) is 14.9 Å². The van der Waals surface area contributed by atoms with E-state index in [9.17, 15) is 9.59 Å². The molecule has 7 heteroatoms. The lowest BCUT2D eigenvalue weighted by atomic mass is 10.1. The lowest BCUT2D eigenvalue weighted by Gasteiger charge is -2.13. The number of carboxylic acid groups (broad SMARTS) is 1. The highest BCUT2D eigenvalue weighted by atomic mass is 32.2. The summed E-state index contributed by atoms with van der Waals surface area (Å²) in [4.78, 5) is 23.6. The predicted molar refractivity (Wildman–Crippen MR) is 81.4 cm³/mol. The molecule has 0 spiro atoms. The Hall–Kier alpha value is -1.99. The molecule has 1 aromatic heterocycles. The van der Waals surface area contributed by atoms with Gasteiger partial charge in [-0.2, -0.15) is 0 Å². The van der Waals surface area contributed by atoms with Crippen LogP contribution in [0.3, 0.4) is 0 Å². The van der Waals surface area contributed by atoms with Gasteiger partial charge < -0.3 is 15.3 Å². The van der Waals surface area contributed by atoms with Crippen molar-refractivity contribution < 1.29 is 14.3 Å². The van der Waals surface area contributed by atoms with Gasteiger partial charge in [-0.15, -0.1) is 11.8 Å². The van der Waals surface area contributed by atoms with Crippen molar-refractivity contribution >= 4 is 34.6 Å². The van der Waals surface area contributed by atoms with Crippen molar-refractivity contribution in [2.75, 3.05) is 11.5 Å². The summed E-state index contributed by atoms with van der Waals surface area (Å²) in [6.07, 6.45) is 0. The number of anilines is 1. The molecule has 4 N–H and O–H groups in total. The monoisotopic (exact) mass is 306 g/mol. The first-order valence-corrected chi connectivity index (χ1v) is 7.45. The van der Waals surface area contributed by atoms with Gasteiger partial charge in [-0.05, 0) is 19.1 Å². The van der Waals surface area contributed by atoms with Crippen molar-refractivity contribution in [3.05, 3.63) is 39.5 Å². The molecular formula is C14H14N2O4S. The van der Waals surface area contributed by atoms with Crippen molar-refractivity contribution in [2.24, 2.45) is 0 Å². The van der Waals surface area contributed by atoms with Gasteiger partial charge in [0.05, 0.1) is 16.3 Å². The van der Waals surface area contributed by atoms with Crippen LogP contribution < -0.4 is 16.5 Å². The highest BCUT2D eigenvalue weighted by Gasteiger charge is 2.33. The molecule has 0 radical (unpaired) electrons. The normalized spacial score (nSPS) is 21.8. The van der Waals surface area contributed by atoms with Gasteiger partial charge in [0.2, 0.25) is 11.3 Å². The van der Waals surface area contributed by atoms with Crippen LogP contribution in [0.15, 0.2) is 27.4 Å². The highest BCUT2D eigenvalue weighted by Crippen LogP contribution is 2.35. The van der Waals surface area contributed by atoms with Crippen LogP contribution in [0.4, 0.5) is 5.88 Å². The zero-order valence-electron chi connectivity index (χ0n) is 11.3. The molecule has 0 bridgehead atoms. The van der Waals surface area contributed by atoms with Crippen molar-refractivity contribution in [3.63, 3.8) is 0 Å². The number of rotatable bonds is 2. The quantitative estimate of drug-likeness (QED) is 0.771. The maximum atomic E-state index is 12.6. The van der Waals surface area contributed by atoms with Crippen molar-refractivity contribution in [3.8, 4) is 0 Å². The third-order valence-electron chi connectivity index (χ3n) is 3.45. The standard InChI is InChI=1S/C14H14N2O4S/c1-6-2-3-9-7(4-6)11(17)10(12(15)20-9)13-16-8(5-21-13)14(18)19/h2-4,8,13,16H,5,15H2,1H3,(H,18,19). The number of aliphatic carboxylic acids is 1. The van der Waals surface area contributed by atoms with Crippen LogP contribution in [0.5, 0.6) is 0 Å². The number of carboxylic acids is 1. The maximum absolute atomic E-state index is 12.6. The van der Waals surface area contributed by atoms with E-state index in [1.54, 1.807) is 12.1 Å². The molecular weight excluding hydrogens is 292 g/mol. The van der Waals surface area contributed by atoms with E-state index in [1.807, 2.05) is 13.0 Å². The Bertz CT molecular complexity index is 786. The van der Waals surface area contributed by atoms with Crippen LogP contribution in [-0.4, -0.2) is 22.9 Å². The number of thioether (sulfide) groups is 1. The summed E-state index contributed by atoms with van der Waals surface area (Å²) in [6, 6.07) is 4.61. The lowest BCUT2D eigenvalue weighted by Crippen LogP contribution is -2.35. The van der Waals surface area contributed by atoms with Gasteiger partial charge in [0.25, 0.3) is 0 Å². The Balaban J connectivity index is 2.11. The van der Waals surface area contributed by atoms with Crippen LogP contribution in [0.1, 0.15) is 16.5 Å². The fraction of sp³-hybridized carbons (Fsp3) is 0.286. The number of nitrogens with two attached hydrogens (primary N) is 1. The molecule has 2 heterocycles. The molecule has 0 saturated carbocycles. The number of nitrogens with one attached hydrogen (secondary N) is 1. The lowest BCUT2D eigenvalue weighted by molar-refractivity contribution is -0.138. The highest BCUT2D eigenvalue weighted by molar-refractivity contribution is 7.99. The first-order valence-electron chi connectivity index (χ1n) is 6.40. The number of benzene rings is 1. The van der Waals surface area contributed by atoms with Gasteiger partial charge in [-0.25, -0.2) is 0 Å². The average molecular weight is 306 g/mol. The first-order chi connectivity index (χ1) is 9.97. The number of aryl methyl sites for hydroxylation is 1. The van der Waals surface area contributed by atoms with Crippen LogP contribution in [0, 0.1) is 6.92 Å². The number of nitrogen functional groups attached to an aromatic ring is 1. The Morgan fingerprint density at radius 1 is 1.52 bits per heavy atom. The van der Waals surface area contributed by atoms with Gasteiger partial charge in [-0.1, -0.05) is 11.6 Å². The molecule has 1 saturated heterocycles. The number of fused-ring (bicyclic) bond motifs is 1. The molecule has 1 aromatic carbocycles. The maximum Gasteiger partial charge on any atom is 0.321 e. The molecule has 2 unspecified atom stereocenters. The Kier molecular flexibility index (Phi) is 3.38. The zero-order chi connectivity index (χ0) is 15.1. The number of carbonyl (C=O) groups is 1. The van der Waals surface area contributed by atoms with Gasteiger partial charge in [0, 0.05) is 5.75 Å². The molecule has 2 aromatic rings. The summed E-state index contributed by atoms with van der Waals surface area (Å²) in [5, 5.41) is 11.9. The van der Waals surface area contributed by atoms with E-state index in [0.29, 0.717) is 22.3 Å². The molecule has 6 nitrogen and oxygen atoms in total. The molecule has 1 fully saturated rings. The van der Waals surface area contributed by atoms with Gasteiger partial charge in [0.15, 0.2) is 0 Å². The van der Waals surface area contributed by atoms with Gasteiger partial charge >= 0.3 is 5.97 Å². The van der Waals surface area contributed by atoms with Crippen LogP contribution in [0.25, 0.3) is 11.0 Å². The molecule has 21 heavy (non-hydrogen) atoms. The van der Waals surface area contributed by atoms with E-state index < -0.39 is 17.4 Å².